The Bertz CT molecular complexity index is 1580. The van der Waals surface area contributed by atoms with Crippen LogP contribution < -0.4 is 4.74 Å². The zero-order valence-electron chi connectivity index (χ0n) is 24.0. The van der Waals surface area contributed by atoms with Crippen molar-refractivity contribution >= 4 is 29.6 Å². The van der Waals surface area contributed by atoms with Gasteiger partial charge in [-0.05, 0) is 70.9 Å². The highest BCUT2D eigenvalue weighted by Gasteiger charge is 2.40. The second-order valence-electron chi connectivity index (χ2n) is 11.7. The highest BCUT2D eigenvalue weighted by molar-refractivity contribution is 6.31. The number of aromatic nitrogens is 2. The minimum atomic E-state index is -1.20. The number of hydrogen-bond donors (Lipinski definition) is 1. The molecule has 2 aromatic carbocycles. The molecule has 0 aliphatic carbocycles. The summed E-state index contributed by atoms with van der Waals surface area (Å²) in [5.41, 5.74) is -0.198. The second kappa shape index (κ2) is 11.5. The van der Waals surface area contributed by atoms with Gasteiger partial charge >= 0.3 is 12.1 Å². The molecule has 1 N–H and O–H groups in total. The fourth-order valence-electron chi connectivity index (χ4n) is 5.29. The van der Waals surface area contributed by atoms with E-state index in [2.05, 4.69) is 5.10 Å². The van der Waals surface area contributed by atoms with Gasteiger partial charge in [-0.1, -0.05) is 11.6 Å². The molecule has 0 spiro atoms. The number of aliphatic carboxylic acids is 1. The van der Waals surface area contributed by atoms with Gasteiger partial charge in [0, 0.05) is 42.0 Å². The molecule has 2 fully saturated rings. The predicted molar refractivity (Wildman–Crippen MR) is 152 cm³/mol. The number of benzene rings is 2. The number of halogens is 3. The van der Waals surface area contributed by atoms with Crippen LogP contribution in [0.5, 0.6) is 11.5 Å². The molecule has 2 unspecified atom stereocenters. The molecule has 13 heteroatoms. The zero-order valence-corrected chi connectivity index (χ0v) is 24.8. The van der Waals surface area contributed by atoms with E-state index in [9.17, 15) is 19.5 Å². The lowest BCUT2D eigenvalue weighted by molar-refractivity contribution is -0.141. The molecule has 3 heterocycles. The Balaban J connectivity index is 1.39. The molecule has 2 atom stereocenters. The van der Waals surface area contributed by atoms with Crippen LogP contribution in [-0.4, -0.2) is 73.4 Å². The van der Waals surface area contributed by atoms with E-state index in [0.717, 1.165) is 17.0 Å². The maximum Gasteiger partial charge on any atom is 0.410 e. The summed E-state index contributed by atoms with van der Waals surface area (Å²) in [6.07, 6.45) is 1.80. The molecule has 3 aromatic rings. The van der Waals surface area contributed by atoms with Crippen LogP contribution in [0.2, 0.25) is 5.02 Å². The van der Waals surface area contributed by atoms with Gasteiger partial charge in [0.15, 0.2) is 11.6 Å². The maximum absolute atomic E-state index is 15.3. The van der Waals surface area contributed by atoms with Crippen LogP contribution in [-0.2, 0) is 9.53 Å². The van der Waals surface area contributed by atoms with E-state index in [1.807, 2.05) is 0 Å². The van der Waals surface area contributed by atoms with Crippen molar-refractivity contribution < 1.29 is 37.7 Å². The number of carbonyl (C=O) groups is 3. The highest BCUT2D eigenvalue weighted by Crippen LogP contribution is 2.39. The summed E-state index contributed by atoms with van der Waals surface area (Å²) in [7, 11) is 0. The van der Waals surface area contributed by atoms with Crippen LogP contribution in [0.25, 0.3) is 11.3 Å². The van der Waals surface area contributed by atoms with Crippen molar-refractivity contribution in [1.29, 1.82) is 0 Å². The number of carbonyl (C=O) groups excluding carboxylic acids is 2. The molecule has 2 saturated heterocycles. The minimum absolute atomic E-state index is 0.144. The molecular weight excluding hydrogens is 586 g/mol. The van der Waals surface area contributed by atoms with Crippen molar-refractivity contribution in [3.8, 4) is 22.8 Å². The monoisotopic (exact) mass is 616 g/mol. The molecule has 228 valence electrons. The van der Waals surface area contributed by atoms with Crippen molar-refractivity contribution in [2.45, 2.75) is 64.3 Å². The van der Waals surface area contributed by atoms with Gasteiger partial charge in [-0.25, -0.2) is 18.4 Å². The van der Waals surface area contributed by atoms with E-state index >= 15 is 8.78 Å². The first-order chi connectivity index (χ1) is 20.2. The number of nitrogens with zero attached hydrogens (tertiary/aromatic N) is 4. The van der Waals surface area contributed by atoms with Gasteiger partial charge in [-0.3, -0.25) is 9.48 Å². The van der Waals surface area contributed by atoms with Gasteiger partial charge in [0.2, 0.25) is 0 Å². The number of ether oxygens (including phenoxy) is 2. The van der Waals surface area contributed by atoms with Crippen LogP contribution in [0.3, 0.4) is 0 Å². The van der Waals surface area contributed by atoms with Crippen molar-refractivity contribution in [3.63, 3.8) is 0 Å². The first-order valence-corrected chi connectivity index (χ1v) is 14.1. The van der Waals surface area contributed by atoms with E-state index < -0.39 is 58.6 Å². The van der Waals surface area contributed by atoms with Gasteiger partial charge in [-0.2, -0.15) is 5.10 Å². The molecule has 10 nitrogen and oxygen atoms in total. The Kier molecular flexibility index (Phi) is 8.08. The number of amides is 2. The molecule has 2 amide bonds. The van der Waals surface area contributed by atoms with E-state index in [1.54, 1.807) is 55.6 Å². The van der Waals surface area contributed by atoms with E-state index in [4.69, 9.17) is 21.1 Å². The fraction of sp³-hybridized carbons (Fsp3) is 0.400. The maximum atomic E-state index is 15.3. The summed E-state index contributed by atoms with van der Waals surface area (Å²) >= 11 is 6.29. The van der Waals surface area contributed by atoms with E-state index in [0.29, 0.717) is 35.8 Å². The molecular formula is C30H31ClF2N4O6. The smallest absolute Gasteiger partial charge is 0.410 e. The van der Waals surface area contributed by atoms with Gasteiger partial charge in [0.25, 0.3) is 5.91 Å². The van der Waals surface area contributed by atoms with Crippen LogP contribution in [0.4, 0.5) is 13.6 Å². The normalized spacial score (nSPS) is 18.9. The predicted octanol–water partition coefficient (Wildman–Crippen LogP) is 6.14. The molecule has 1 aromatic heterocycles. The Labute approximate surface area is 251 Å². The molecule has 2 aliphatic heterocycles. The first kappa shape index (κ1) is 30.3. The lowest BCUT2D eigenvalue weighted by Crippen LogP contribution is -2.52. The van der Waals surface area contributed by atoms with Crippen molar-refractivity contribution in [2.24, 2.45) is 0 Å². The van der Waals surface area contributed by atoms with Crippen molar-refractivity contribution in [2.75, 3.05) is 13.1 Å². The van der Waals surface area contributed by atoms with Gasteiger partial charge in [0.1, 0.15) is 23.2 Å². The largest absolute Gasteiger partial charge is 0.480 e. The minimum Gasteiger partial charge on any atom is -0.480 e. The molecule has 0 bridgehead atoms. The first-order valence-electron chi connectivity index (χ1n) is 13.8. The topological polar surface area (TPSA) is 114 Å². The van der Waals surface area contributed by atoms with E-state index in [1.165, 1.54) is 12.1 Å². The van der Waals surface area contributed by atoms with Gasteiger partial charge in [-0.15, -0.1) is 0 Å². The number of carboxylic acid groups (broad SMARTS) is 1. The van der Waals surface area contributed by atoms with Crippen LogP contribution >= 0.6 is 11.6 Å². The number of likely N-dealkylation sites (tertiary alicyclic amines) is 2. The SMILES string of the molecule is CC1CCC(C(=O)O)N1C(=O)c1cc(F)c(Oc2ccc(Cl)cc2-c2ccnn2C2CN(C(=O)OC(C)(C)C)C2)cc1F. The van der Waals surface area contributed by atoms with Crippen molar-refractivity contribution in [3.05, 3.63) is 64.8 Å². The lowest BCUT2D eigenvalue weighted by Gasteiger charge is -2.40. The number of hydrogen-bond acceptors (Lipinski definition) is 6. The summed E-state index contributed by atoms with van der Waals surface area (Å²) in [5, 5.41) is 14.3. The summed E-state index contributed by atoms with van der Waals surface area (Å²) in [4.78, 5) is 39.7. The number of carboxylic acids is 1. The Morgan fingerprint density at radius 1 is 1.02 bits per heavy atom. The summed E-state index contributed by atoms with van der Waals surface area (Å²) in [5.74, 6) is -4.50. The third-order valence-electron chi connectivity index (χ3n) is 7.41. The average molecular weight is 617 g/mol. The third kappa shape index (κ3) is 6.15. The van der Waals surface area contributed by atoms with Gasteiger partial charge in [0.05, 0.1) is 17.3 Å². The summed E-state index contributed by atoms with van der Waals surface area (Å²) < 4.78 is 43.5. The highest BCUT2D eigenvalue weighted by atomic mass is 35.5. The molecule has 5 rings (SSSR count). The molecule has 0 radical (unpaired) electrons. The molecule has 43 heavy (non-hydrogen) atoms. The van der Waals surface area contributed by atoms with Crippen LogP contribution in [0.1, 0.15) is 56.9 Å². The third-order valence-corrected chi connectivity index (χ3v) is 7.64. The Morgan fingerprint density at radius 3 is 2.42 bits per heavy atom. The summed E-state index contributed by atoms with van der Waals surface area (Å²) in [6, 6.07) is 6.09. The second-order valence-corrected chi connectivity index (χ2v) is 12.1. The van der Waals surface area contributed by atoms with Crippen LogP contribution in [0, 0.1) is 11.6 Å². The zero-order chi connectivity index (χ0) is 31.2. The fourth-order valence-corrected chi connectivity index (χ4v) is 5.46. The van der Waals surface area contributed by atoms with Crippen LogP contribution in [0.15, 0.2) is 42.6 Å². The average Bonchev–Trinajstić information content (AvgIpc) is 3.51. The van der Waals surface area contributed by atoms with Gasteiger partial charge < -0.3 is 24.4 Å². The Morgan fingerprint density at radius 2 is 1.74 bits per heavy atom. The Hall–Kier alpha value is -4.19. The standard InChI is InChI=1S/C30H31ClF2N4O6/c1-16-5-7-24(28(39)40)36(16)27(38)19-12-22(33)26(13-21(19)32)42-25-8-6-17(31)11-20(25)23-9-10-34-37(23)18-14-35(15-18)29(41)43-30(2,3)4/h6,8-13,16,18,24H,5,7,14-15H2,1-4H3,(H,39,40). The number of rotatable bonds is 6. The molecule has 2 aliphatic rings. The quantitative estimate of drug-likeness (QED) is 0.354. The lowest BCUT2D eigenvalue weighted by atomic mass is 10.1. The summed E-state index contributed by atoms with van der Waals surface area (Å²) in [6.45, 7) is 7.74. The van der Waals surface area contributed by atoms with E-state index in [-0.39, 0.29) is 18.2 Å². The molecule has 0 saturated carbocycles. The van der Waals surface area contributed by atoms with Crippen molar-refractivity contribution in [1.82, 2.24) is 19.6 Å².